The van der Waals surface area contributed by atoms with Crippen molar-refractivity contribution < 1.29 is 13.7 Å². The quantitative estimate of drug-likeness (QED) is 0.713. The zero-order chi connectivity index (χ0) is 17.3. The van der Waals surface area contributed by atoms with Crippen LogP contribution in [0, 0.1) is 0 Å². The minimum absolute atomic E-state index is 0.0602. The van der Waals surface area contributed by atoms with E-state index in [0.717, 1.165) is 5.56 Å². The number of hydrogen-bond donors (Lipinski definition) is 0. The predicted octanol–water partition coefficient (Wildman–Crippen LogP) is 3.90. The molecule has 3 heterocycles. The van der Waals surface area contributed by atoms with Crippen LogP contribution in [0.2, 0.25) is 0 Å². The first-order chi connectivity index (χ1) is 12.2. The second-order valence-electron chi connectivity index (χ2n) is 6.06. The summed E-state index contributed by atoms with van der Waals surface area (Å²) in [5, 5.41) is 5.74. The molecule has 0 radical (unpaired) electrons. The first-order valence-electron chi connectivity index (χ1n) is 8.07. The molecule has 1 aliphatic rings. The number of benzene rings is 1. The number of likely N-dealkylation sites (tertiary alicyclic amines) is 1. The van der Waals surface area contributed by atoms with E-state index in [0.29, 0.717) is 23.7 Å². The maximum Gasteiger partial charge on any atom is 0.266 e. The smallest absolute Gasteiger partial charge is 0.266 e. The summed E-state index contributed by atoms with van der Waals surface area (Å²) in [6, 6.07) is 12.9. The molecule has 1 amide bonds. The van der Waals surface area contributed by atoms with Crippen molar-refractivity contribution in [1.82, 2.24) is 15.0 Å². The van der Waals surface area contributed by atoms with Gasteiger partial charge in [0.1, 0.15) is 0 Å². The Bertz CT molecular complexity index is 866. The molecule has 7 heteroatoms. The van der Waals surface area contributed by atoms with Gasteiger partial charge < -0.3 is 9.42 Å². The van der Waals surface area contributed by atoms with Crippen LogP contribution < -0.4 is 0 Å². The third-order valence-electron chi connectivity index (χ3n) is 4.30. The van der Waals surface area contributed by atoms with Crippen LogP contribution in [-0.4, -0.2) is 34.0 Å². The van der Waals surface area contributed by atoms with Crippen LogP contribution in [0.15, 0.2) is 52.4 Å². The Morgan fingerprint density at radius 2 is 2.08 bits per heavy atom. The molecule has 1 aromatic carbocycles. The lowest BCUT2D eigenvalue weighted by Crippen LogP contribution is -2.46. The monoisotopic (exact) mass is 357 g/mol. The standard InChI is InChI=1S/C18H16FN3O2S/c19-18(17-20-15(21-24-17)13-6-2-1-3-7-13)9-5-10-22(12-18)16(23)14-8-4-11-25-14/h1-4,6-8,11H,5,9-10,12H2. The molecular weight excluding hydrogens is 341 g/mol. The molecule has 25 heavy (non-hydrogen) atoms. The third-order valence-corrected chi connectivity index (χ3v) is 5.16. The number of aromatic nitrogens is 2. The Morgan fingerprint density at radius 1 is 1.24 bits per heavy atom. The number of carbonyl (C=O) groups excluding carboxylic acids is 1. The molecular formula is C18H16FN3O2S. The van der Waals surface area contributed by atoms with Gasteiger partial charge in [-0.3, -0.25) is 4.79 Å². The second kappa shape index (κ2) is 6.40. The molecule has 0 saturated carbocycles. The largest absolute Gasteiger partial charge is 0.335 e. The molecule has 0 aliphatic carbocycles. The topological polar surface area (TPSA) is 59.2 Å². The van der Waals surface area contributed by atoms with Gasteiger partial charge in [-0.2, -0.15) is 4.98 Å². The van der Waals surface area contributed by atoms with E-state index >= 15 is 4.39 Å². The molecule has 1 unspecified atom stereocenters. The van der Waals surface area contributed by atoms with E-state index in [1.54, 1.807) is 6.07 Å². The fourth-order valence-corrected chi connectivity index (χ4v) is 3.72. The fourth-order valence-electron chi connectivity index (χ4n) is 3.02. The molecule has 5 nitrogen and oxygen atoms in total. The van der Waals surface area contributed by atoms with Crippen molar-refractivity contribution in [1.29, 1.82) is 0 Å². The van der Waals surface area contributed by atoms with E-state index in [1.807, 2.05) is 41.8 Å². The van der Waals surface area contributed by atoms with Gasteiger partial charge in [0.05, 0.1) is 11.4 Å². The van der Waals surface area contributed by atoms with Gasteiger partial charge in [0.2, 0.25) is 11.5 Å². The number of piperidine rings is 1. The molecule has 128 valence electrons. The minimum Gasteiger partial charge on any atom is -0.335 e. The number of thiophene rings is 1. The molecule has 0 N–H and O–H groups in total. The Labute approximate surface area is 148 Å². The Hall–Kier alpha value is -2.54. The molecule has 4 rings (SSSR count). The summed E-state index contributed by atoms with van der Waals surface area (Å²) in [6.07, 6.45) is 0.814. The van der Waals surface area contributed by atoms with Gasteiger partial charge in [0.15, 0.2) is 0 Å². The maximum absolute atomic E-state index is 15.5. The van der Waals surface area contributed by atoms with E-state index in [2.05, 4.69) is 10.1 Å². The maximum atomic E-state index is 15.5. The molecule has 0 spiro atoms. The van der Waals surface area contributed by atoms with Crippen LogP contribution in [0.25, 0.3) is 11.4 Å². The summed E-state index contributed by atoms with van der Waals surface area (Å²) < 4.78 is 20.7. The van der Waals surface area contributed by atoms with Crippen molar-refractivity contribution in [3.8, 4) is 11.4 Å². The number of rotatable bonds is 3. The average molecular weight is 357 g/mol. The van der Waals surface area contributed by atoms with E-state index in [4.69, 9.17) is 4.52 Å². The number of hydrogen-bond acceptors (Lipinski definition) is 5. The third kappa shape index (κ3) is 3.07. The van der Waals surface area contributed by atoms with E-state index in [9.17, 15) is 4.79 Å². The molecule has 0 bridgehead atoms. The van der Waals surface area contributed by atoms with Gasteiger partial charge in [-0.15, -0.1) is 11.3 Å². The number of alkyl halides is 1. The number of halogens is 1. The number of carbonyl (C=O) groups is 1. The molecule has 1 saturated heterocycles. The van der Waals surface area contributed by atoms with Gasteiger partial charge in [0.25, 0.3) is 11.8 Å². The zero-order valence-corrected chi connectivity index (χ0v) is 14.2. The Morgan fingerprint density at radius 3 is 2.84 bits per heavy atom. The van der Waals surface area contributed by atoms with Gasteiger partial charge in [-0.1, -0.05) is 41.6 Å². The van der Waals surface area contributed by atoms with Crippen LogP contribution >= 0.6 is 11.3 Å². The van der Waals surface area contributed by atoms with E-state index < -0.39 is 5.67 Å². The summed E-state index contributed by atoms with van der Waals surface area (Å²) in [6.45, 7) is 0.461. The summed E-state index contributed by atoms with van der Waals surface area (Å²) in [4.78, 5) is 18.9. The first-order valence-corrected chi connectivity index (χ1v) is 8.95. The van der Waals surface area contributed by atoms with Gasteiger partial charge >= 0.3 is 0 Å². The van der Waals surface area contributed by atoms with Gasteiger partial charge in [-0.25, -0.2) is 4.39 Å². The van der Waals surface area contributed by atoms with Crippen molar-refractivity contribution in [2.45, 2.75) is 18.5 Å². The van der Waals surface area contributed by atoms with E-state index in [-0.39, 0.29) is 24.8 Å². The highest BCUT2D eigenvalue weighted by atomic mass is 32.1. The van der Waals surface area contributed by atoms with Crippen molar-refractivity contribution in [2.24, 2.45) is 0 Å². The zero-order valence-electron chi connectivity index (χ0n) is 13.4. The lowest BCUT2D eigenvalue weighted by molar-refractivity contribution is 0.0155. The predicted molar refractivity (Wildman–Crippen MR) is 92.0 cm³/mol. The van der Waals surface area contributed by atoms with Gasteiger partial charge in [-0.05, 0) is 24.3 Å². The first kappa shape index (κ1) is 16.0. The average Bonchev–Trinajstić information content (AvgIpc) is 3.34. The fraction of sp³-hybridized carbons (Fsp3) is 0.278. The Kier molecular flexibility index (Phi) is 4.09. The number of nitrogens with zero attached hydrogens (tertiary/aromatic N) is 3. The highest BCUT2D eigenvalue weighted by Crippen LogP contribution is 2.36. The molecule has 1 fully saturated rings. The molecule has 2 aromatic heterocycles. The highest BCUT2D eigenvalue weighted by molar-refractivity contribution is 7.12. The lowest BCUT2D eigenvalue weighted by atomic mass is 9.94. The van der Waals surface area contributed by atoms with Crippen LogP contribution in [0.3, 0.4) is 0 Å². The number of amides is 1. The summed E-state index contributed by atoms with van der Waals surface area (Å²) in [5.41, 5.74) is -1.05. The van der Waals surface area contributed by atoms with Crippen LogP contribution in [-0.2, 0) is 5.67 Å². The van der Waals surface area contributed by atoms with Crippen molar-refractivity contribution >= 4 is 17.2 Å². The van der Waals surface area contributed by atoms with Crippen molar-refractivity contribution in [2.75, 3.05) is 13.1 Å². The molecule has 1 atom stereocenters. The Balaban J connectivity index is 1.57. The minimum atomic E-state index is -1.81. The van der Waals surface area contributed by atoms with Crippen molar-refractivity contribution in [3.05, 3.63) is 58.6 Å². The highest BCUT2D eigenvalue weighted by Gasteiger charge is 2.44. The van der Waals surface area contributed by atoms with E-state index in [1.165, 1.54) is 16.2 Å². The summed E-state index contributed by atoms with van der Waals surface area (Å²) in [7, 11) is 0. The lowest BCUT2D eigenvalue weighted by Gasteiger charge is -2.34. The normalized spacial score (nSPS) is 20.6. The van der Waals surface area contributed by atoms with Crippen LogP contribution in [0.4, 0.5) is 4.39 Å². The van der Waals surface area contributed by atoms with Crippen LogP contribution in [0.1, 0.15) is 28.4 Å². The summed E-state index contributed by atoms with van der Waals surface area (Å²) >= 11 is 1.36. The molecule has 3 aromatic rings. The van der Waals surface area contributed by atoms with Crippen molar-refractivity contribution in [3.63, 3.8) is 0 Å². The van der Waals surface area contributed by atoms with Gasteiger partial charge in [0, 0.05) is 12.1 Å². The SMILES string of the molecule is O=C(c1cccs1)N1CCCC(F)(c2nc(-c3ccccc3)no2)C1. The molecule has 1 aliphatic heterocycles. The summed E-state index contributed by atoms with van der Waals surface area (Å²) in [5.74, 6) is 0.142. The second-order valence-corrected chi connectivity index (χ2v) is 7.01. The van der Waals surface area contributed by atoms with Crippen LogP contribution in [0.5, 0.6) is 0 Å².